The molecule has 2 aromatic heterocycles. The number of fused-ring (bicyclic) bond motifs is 4. The predicted octanol–water partition coefficient (Wildman–Crippen LogP) is 4.57. The quantitative estimate of drug-likeness (QED) is 0.262. The van der Waals surface area contributed by atoms with Gasteiger partial charge in [-0.1, -0.05) is 18.2 Å². The standard InChI is InChI=1S/C27H21NO8/c1-15-9-26(30)36-22-10-16(7-8-17(15)22)33-14-27(31)34-13-25(29)28-20-12-23-19(11-24(20)32-2)18-5-3-4-6-21(18)35-23/h3-12H,13-14H2,1-2H3,(H,28,29). The van der Waals surface area contributed by atoms with Crippen molar-refractivity contribution in [2.24, 2.45) is 0 Å². The molecule has 36 heavy (non-hydrogen) atoms. The number of methoxy groups -OCH3 is 1. The summed E-state index contributed by atoms with van der Waals surface area (Å²) in [6.07, 6.45) is 0. The van der Waals surface area contributed by atoms with E-state index >= 15 is 0 Å². The molecule has 0 saturated heterocycles. The van der Waals surface area contributed by atoms with Crippen LogP contribution in [-0.2, 0) is 14.3 Å². The van der Waals surface area contributed by atoms with Gasteiger partial charge in [-0.05, 0) is 36.8 Å². The fourth-order valence-electron chi connectivity index (χ4n) is 3.93. The van der Waals surface area contributed by atoms with E-state index in [1.54, 1.807) is 31.2 Å². The number of hydrogen-bond donors (Lipinski definition) is 1. The smallest absolute Gasteiger partial charge is 0.344 e. The molecule has 9 heteroatoms. The highest BCUT2D eigenvalue weighted by Gasteiger charge is 2.15. The molecule has 0 aliphatic rings. The van der Waals surface area contributed by atoms with Crippen LogP contribution in [0.15, 0.2) is 74.3 Å². The van der Waals surface area contributed by atoms with Crippen molar-refractivity contribution in [2.75, 3.05) is 25.6 Å². The monoisotopic (exact) mass is 487 g/mol. The minimum Gasteiger partial charge on any atom is -0.495 e. The first-order chi connectivity index (χ1) is 17.4. The molecule has 182 valence electrons. The van der Waals surface area contributed by atoms with Crippen LogP contribution in [0, 0.1) is 6.92 Å². The minimum atomic E-state index is -0.740. The largest absolute Gasteiger partial charge is 0.495 e. The van der Waals surface area contributed by atoms with Crippen molar-refractivity contribution in [3.63, 3.8) is 0 Å². The van der Waals surface area contributed by atoms with E-state index in [0.717, 1.165) is 27.3 Å². The number of para-hydroxylation sites is 1. The van der Waals surface area contributed by atoms with Crippen molar-refractivity contribution in [3.05, 3.63) is 76.6 Å². The maximum atomic E-state index is 12.4. The molecular formula is C27H21NO8. The molecule has 0 radical (unpaired) electrons. The predicted molar refractivity (Wildman–Crippen MR) is 133 cm³/mol. The number of benzene rings is 3. The molecule has 0 aliphatic heterocycles. The highest BCUT2D eigenvalue weighted by atomic mass is 16.6. The summed E-state index contributed by atoms with van der Waals surface area (Å²) in [6, 6.07) is 17.3. The van der Waals surface area contributed by atoms with Crippen LogP contribution in [0.3, 0.4) is 0 Å². The van der Waals surface area contributed by atoms with Crippen molar-refractivity contribution < 1.29 is 32.6 Å². The molecule has 9 nitrogen and oxygen atoms in total. The Morgan fingerprint density at radius 2 is 1.67 bits per heavy atom. The normalized spacial score (nSPS) is 11.1. The maximum Gasteiger partial charge on any atom is 0.344 e. The first kappa shape index (κ1) is 23.0. The highest BCUT2D eigenvalue weighted by molar-refractivity contribution is 6.07. The van der Waals surface area contributed by atoms with Gasteiger partial charge in [-0.25, -0.2) is 9.59 Å². The van der Waals surface area contributed by atoms with Crippen LogP contribution >= 0.6 is 0 Å². The number of hydrogen-bond acceptors (Lipinski definition) is 8. The van der Waals surface area contributed by atoms with Crippen LogP contribution < -0.4 is 20.4 Å². The highest BCUT2D eigenvalue weighted by Crippen LogP contribution is 2.36. The Bertz CT molecular complexity index is 1680. The third kappa shape index (κ3) is 4.58. The third-order valence-electron chi connectivity index (χ3n) is 5.62. The number of nitrogens with one attached hydrogen (secondary N) is 1. The van der Waals surface area contributed by atoms with E-state index in [2.05, 4.69) is 5.32 Å². The molecule has 3 aromatic carbocycles. The van der Waals surface area contributed by atoms with E-state index in [0.29, 0.717) is 28.4 Å². The van der Waals surface area contributed by atoms with Gasteiger partial charge in [-0.2, -0.15) is 0 Å². The SMILES string of the molecule is COc1cc2c(cc1NC(=O)COC(=O)COc1ccc3c(C)cc(=O)oc3c1)oc1ccccc12. The molecule has 0 fully saturated rings. The fraction of sp³-hybridized carbons (Fsp3) is 0.148. The number of furan rings is 1. The van der Waals surface area contributed by atoms with Crippen LogP contribution in [0.1, 0.15) is 5.56 Å². The van der Waals surface area contributed by atoms with Gasteiger partial charge in [0.1, 0.15) is 28.2 Å². The van der Waals surface area contributed by atoms with E-state index in [1.807, 2.05) is 24.3 Å². The minimum absolute atomic E-state index is 0.321. The summed E-state index contributed by atoms with van der Waals surface area (Å²) in [5, 5.41) is 5.22. The number of anilines is 1. The maximum absolute atomic E-state index is 12.4. The van der Waals surface area contributed by atoms with Crippen molar-refractivity contribution >= 4 is 50.5 Å². The molecule has 0 atom stereocenters. The van der Waals surface area contributed by atoms with Crippen LogP contribution in [0.25, 0.3) is 32.9 Å². The summed E-state index contributed by atoms with van der Waals surface area (Å²) in [4.78, 5) is 36.1. The summed E-state index contributed by atoms with van der Waals surface area (Å²) in [7, 11) is 1.50. The van der Waals surface area contributed by atoms with Crippen LogP contribution in [-0.4, -0.2) is 32.2 Å². The van der Waals surface area contributed by atoms with Gasteiger partial charge in [0.2, 0.25) is 0 Å². The first-order valence-electron chi connectivity index (χ1n) is 11.0. The van der Waals surface area contributed by atoms with Gasteiger partial charge in [0, 0.05) is 34.4 Å². The van der Waals surface area contributed by atoms with E-state index in [4.69, 9.17) is 23.0 Å². The lowest BCUT2D eigenvalue weighted by molar-refractivity contribution is -0.149. The van der Waals surface area contributed by atoms with Gasteiger partial charge in [-0.15, -0.1) is 0 Å². The van der Waals surface area contributed by atoms with Crippen molar-refractivity contribution in [3.8, 4) is 11.5 Å². The second-order valence-corrected chi connectivity index (χ2v) is 8.05. The molecule has 0 spiro atoms. The van der Waals surface area contributed by atoms with Crippen molar-refractivity contribution in [1.29, 1.82) is 0 Å². The molecule has 0 aliphatic carbocycles. The molecule has 1 N–H and O–H groups in total. The van der Waals surface area contributed by atoms with Gasteiger partial charge in [0.05, 0.1) is 12.8 Å². The van der Waals surface area contributed by atoms with Crippen LogP contribution in [0.2, 0.25) is 0 Å². The number of ether oxygens (including phenoxy) is 3. The Hall–Kier alpha value is -4.79. The van der Waals surface area contributed by atoms with E-state index in [1.165, 1.54) is 19.2 Å². The lowest BCUT2D eigenvalue weighted by Crippen LogP contribution is -2.23. The van der Waals surface area contributed by atoms with Crippen LogP contribution in [0.5, 0.6) is 11.5 Å². The summed E-state index contributed by atoms with van der Waals surface area (Å²) >= 11 is 0. The average Bonchev–Trinajstić information content (AvgIpc) is 3.22. The summed E-state index contributed by atoms with van der Waals surface area (Å²) in [5.74, 6) is -0.535. The number of carbonyl (C=O) groups excluding carboxylic acids is 2. The topological polar surface area (TPSA) is 117 Å². The summed E-state index contributed by atoms with van der Waals surface area (Å²) in [5.41, 5.74) is 2.33. The van der Waals surface area contributed by atoms with Gasteiger partial charge < -0.3 is 28.4 Å². The lowest BCUT2D eigenvalue weighted by Gasteiger charge is -2.11. The number of esters is 1. The van der Waals surface area contributed by atoms with Gasteiger partial charge in [0.25, 0.3) is 5.91 Å². The molecule has 0 saturated carbocycles. The van der Waals surface area contributed by atoms with E-state index < -0.39 is 30.7 Å². The molecule has 5 aromatic rings. The zero-order chi connectivity index (χ0) is 25.2. The zero-order valence-corrected chi connectivity index (χ0v) is 19.5. The fourth-order valence-corrected chi connectivity index (χ4v) is 3.93. The zero-order valence-electron chi connectivity index (χ0n) is 19.5. The van der Waals surface area contributed by atoms with Crippen molar-refractivity contribution in [1.82, 2.24) is 0 Å². The van der Waals surface area contributed by atoms with Gasteiger partial charge in [-0.3, -0.25) is 4.79 Å². The summed E-state index contributed by atoms with van der Waals surface area (Å²) < 4.78 is 26.9. The molecule has 0 bridgehead atoms. The number of rotatable bonds is 7. The average molecular weight is 487 g/mol. The number of carbonyl (C=O) groups is 2. The Kier molecular flexibility index (Phi) is 6.03. The van der Waals surface area contributed by atoms with Crippen LogP contribution in [0.4, 0.5) is 5.69 Å². The Labute approximate surface area is 204 Å². The Balaban J connectivity index is 1.20. The Morgan fingerprint density at radius 1 is 0.861 bits per heavy atom. The second-order valence-electron chi connectivity index (χ2n) is 8.05. The molecule has 0 unspecified atom stereocenters. The molecular weight excluding hydrogens is 466 g/mol. The summed E-state index contributed by atoms with van der Waals surface area (Å²) in [6.45, 7) is 0.852. The molecule has 5 rings (SSSR count). The Morgan fingerprint density at radius 3 is 2.50 bits per heavy atom. The molecule has 2 heterocycles. The molecule has 1 amide bonds. The van der Waals surface area contributed by atoms with E-state index in [9.17, 15) is 14.4 Å². The van der Waals surface area contributed by atoms with Crippen molar-refractivity contribution in [2.45, 2.75) is 6.92 Å². The number of amides is 1. The van der Waals surface area contributed by atoms with Gasteiger partial charge >= 0.3 is 11.6 Å². The third-order valence-corrected chi connectivity index (χ3v) is 5.62. The first-order valence-corrected chi connectivity index (χ1v) is 11.0. The number of aryl methyl sites for hydroxylation is 1. The lowest BCUT2D eigenvalue weighted by atomic mass is 10.1. The van der Waals surface area contributed by atoms with Gasteiger partial charge in [0.15, 0.2) is 13.2 Å². The van der Waals surface area contributed by atoms with E-state index in [-0.39, 0.29) is 0 Å². The second kappa shape index (κ2) is 9.46.